The van der Waals surface area contributed by atoms with Gasteiger partial charge >= 0.3 is 0 Å². The molecule has 150 valence electrons. The molecule has 28 heavy (non-hydrogen) atoms. The number of sulfonamides is 1. The van der Waals surface area contributed by atoms with E-state index in [0.29, 0.717) is 28.4 Å². The predicted octanol–water partition coefficient (Wildman–Crippen LogP) is 2.42. The highest BCUT2D eigenvalue weighted by atomic mass is 35.5. The minimum absolute atomic E-state index is 0. The second-order valence-electron chi connectivity index (χ2n) is 6.62. The summed E-state index contributed by atoms with van der Waals surface area (Å²) >= 11 is 0. The van der Waals surface area contributed by atoms with Gasteiger partial charge in [-0.3, -0.25) is 4.79 Å². The maximum Gasteiger partial charge on any atom is 0.256 e. The summed E-state index contributed by atoms with van der Waals surface area (Å²) in [7, 11) is -3.65. The summed E-state index contributed by atoms with van der Waals surface area (Å²) in [6.07, 6.45) is 1.67. The number of anilines is 2. The molecule has 0 spiro atoms. The molecule has 1 saturated carbocycles. The first kappa shape index (κ1) is 20.2. The molecule has 4 rings (SSSR count). The average molecular weight is 426 g/mol. The number of carbonyl (C=O) groups is 1. The van der Waals surface area contributed by atoms with Crippen LogP contribution in [0.2, 0.25) is 0 Å². The zero-order chi connectivity index (χ0) is 19.2. The first-order chi connectivity index (χ1) is 12.8. The monoisotopic (exact) mass is 425 g/mol. The van der Waals surface area contributed by atoms with Gasteiger partial charge in [-0.2, -0.15) is 0 Å². The Balaban J connectivity index is 0.00000225. The molecule has 0 radical (unpaired) electrons. The summed E-state index contributed by atoms with van der Waals surface area (Å²) in [5.41, 5.74) is 7.56. The molecule has 1 amide bonds. The van der Waals surface area contributed by atoms with Crippen LogP contribution in [0.4, 0.5) is 11.4 Å². The highest BCUT2D eigenvalue weighted by Gasteiger charge is 2.28. The van der Waals surface area contributed by atoms with E-state index in [-0.39, 0.29) is 35.7 Å². The summed E-state index contributed by atoms with van der Waals surface area (Å²) < 4.78 is 38.0. The SMILES string of the molecule is Cc1ccc(S(=O)(=O)NC2CC2)cc1C(=O)Nc1cc2c(cc1N)OCO2.Cl. The zero-order valence-corrected chi connectivity index (χ0v) is 16.7. The second kappa shape index (κ2) is 7.50. The molecule has 1 aliphatic carbocycles. The van der Waals surface area contributed by atoms with Crippen LogP contribution in [0.3, 0.4) is 0 Å². The van der Waals surface area contributed by atoms with E-state index in [4.69, 9.17) is 15.2 Å². The van der Waals surface area contributed by atoms with Crippen molar-refractivity contribution in [2.75, 3.05) is 17.8 Å². The fourth-order valence-electron chi connectivity index (χ4n) is 2.76. The van der Waals surface area contributed by atoms with Gasteiger partial charge in [0.25, 0.3) is 5.91 Å². The number of carbonyl (C=O) groups excluding carboxylic acids is 1. The van der Waals surface area contributed by atoms with E-state index in [1.165, 1.54) is 12.1 Å². The van der Waals surface area contributed by atoms with Gasteiger partial charge in [-0.05, 0) is 37.5 Å². The normalized spacial score (nSPS) is 15.0. The lowest BCUT2D eigenvalue weighted by Gasteiger charge is -2.12. The number of benzene rings is 2. The van der Waals surface area contributed by atoms with Crippen molar-refractivity contribution in [2.45, 2.75) is 30.7 Å². The van der Waals surface area contributed by atoms with Crippen LogP contribution in [0.15, 0.2) is 35.2 Å². The third-order valence-corrected chi connectivity index (χ3v) is 5.97. The molecule has 1 aliphatic heterocycles. The summed E-state index contributed by atoms with van der Waals surface area (Å²) in [5, 5.41) is 2.71. The molecule has 2 aromatic carbocycles. The van der Waals surface area contributed by atoms with Crippen molar-refractivity contribution < 1.29 is 22.7 Å². The van der Waals surface area contributed by atoms with Crippen LogP contribution < -0.4 is 25.2 Å². The third-order valence-electron chi connectivity index (χ3n) is 4.46. The fraction of sp³-hybridized carbons (Fsp3) is 0.278. The van der Waals surface area contributed by atoms with E-state index in [1.54, 1.807) is 25.1 Å². The Hall–Kier alpha value is -2.49. The van der Waals surface area contributed by atoms with Crippen molar-refractivity contribution in [1.29, 1.82) is 0 Å². The van der Waals surface area contributed by atoms with E-state index >= 15 is 0 Å². The summed E-state index contributed by atoms with van der Waals surface area (Å²) in [6.45, 7) is 1.84. The van der Waals surface area contributed by atoms with Gasteiger partial charge in [-0.15, -0.1) is 12.4 Å². The van der Waals surface area contributed by atoms with Crippen LogP contribution in [0.25, 0.3) is 0 Å². The number of nitrogens with two attached hydrogens (primary N) is 1. The number of nitrogen functional groups attached to an aromatic ring is 1. The molecular weight excluding hydrogens is 406 g/mol. The number of ether oxygens (including phenoxy) is 2. The Kier molecular flexibility index (Phi) is 5.42. The number of hydrogen-bond donors (Lipinski definition) is 3. The van der Waals surface area contributed by atoms with Crippen molar-refractivity contribution in [3.63, 3.8) is 0 Å². The molecule has 4 N–H and O–H groups in total. The molecule has 0 unspecified atom stereocenters. The maximum atomic E-state index is 12.7. The van der Waals surface area contributed by atoms with Gasteiger partial charge in [0.05, 0.1) is 16.3 Å². The van der Waals surface area contributed by atoms with Gasteiger partial charge in [-0.1, -0.05) is 6.07 Å². The number of fused-ring (bicyclic) bond motifs is 1. The topological polar surface area (TPSA) is 120 Å². The standard InChI is InChI=1S/C18H19N3O5S.ClH/c1-10-2-5-12(27(23,24)21-11-3-4-11)6-13(10)18(22)20-15-8-17-16(7-14(15)19)25-9-26-17;/h2,5-8,11,21H,3-4,9,19H2,1H3,(H,20,22);1H. The van der Waals surface area contributed by atoms with Gasteiger partial charge in [0.2, 0.25) is 16.8 Å². The van der Waals surface area contributed by atoms with E-state index in [1.807, 2.05) is 0 Å². The molecule has 0 atom stereocenters. The van der Waals surface area contributed by atoms with Crippen molar-refractivity contribution in [3.05, 3.63) is 41.5 Å². The number of halogens is 1. The zero-order valence-electron chi connectivity index (χ0n) is 15.0. The minimum Gasteiger partial charge on any atom is -0.454 e. The lowest BCUT2D eigenvalue weighted by atomic mass is 10.1. The Labute approximate surface area is 168 Å². The van der Waals surface area contributed by atoms with Gasteiger partial charge in [-0.25, -0.2) is 13.1 Å². The van der Waals surface area contributed by atoms with E-state index in [9.17, 15) is 13.2 Å². The van der Waals surface area contributed by atoms with Crippen LogP contribution in [-0.2, 0) is 10.0 Å². The van der Waals surface area contributed by atoms with Crippen LogP contribution in [0.1, 0.15) is 28.8 Å². The number of nitrogens with one attached hydrogen (secondary N) is 2. The smallest absolute Gasteiger partial charge is 0.256 e. The number of hydrogen-bond acceptors (Lipinski definition) is 6. The second-order valence-corrected chi connectivity index (χ2v) is 8.33. The molecular formula is C18H20ClN3O5S. The average Bonchev–Trinajstić information content (AvgIpc) is 3.30. The molecule has 0 aromatic heterocycles. The quantitative estimate of drug-likeness (QED) is 0.633. The molecule has 2 aromatic rings. The van der Waals surface area contributed by atoms with E-state index in [2.05, 4.69) is 10.0 Å². The van der Waals surface area contributed by atoms with E-state index in [0.717, 1.165) is 12.8 Å². The summed E-state index contributed by atoms with van der Waals surface area (Å²) in [4.78, 5) is 12.8. The van der Waals surface area contributed by atoms with E-state index < -0.39 is 15.9 Å². The minimum atomic E-state index is -3.65. The Bertz CT molecular complexity index is 1040. The molecule has 8 nitrogen and oxygen atoms in total. The van der Waals surface area contributed by atoms with Crippen molar-refractivity contribution in [2.24, 2.45) is 0 Å². The lowest BCUT2D eigenvalue weighted by molar-refractivity contribution is 0.102. The number of rotatable bonds is 5. The molecule has 1 fully saturated rings. The van der Waals surface area contributed by atoms with Crippen LogP contribution in [-0.4, -0.2) is 27.2 Å². The van der Waals surface area contributed by atoms with Crippen LogP contribution in [0, 0.1) is 6.92 Å². The molecule has 0 saturated heterocycles. The Morgan fingerprint density at radius 1 is 1.14 bits per heavy atom. The van der Waals surface area contributed by atoms with Crippen LogP contribution in [0.5, 0.6) is 11.5 Å². The number of amides is 1. The highest BCUT2D eigenvalue weighted by Crippen LogP contribution is 2.38. The Morgan fingerprint density at radius 2 is 1.82 bits per heavy atom. The number of aryl methyl sites for hydroxylation is 1. The third kappa shape index (κ3) is 4.01. The molecule has 1 heterocycles. The predicted molar refractivity (Wildman–Crippen MR) is 107 cm³/mol. The molecule has 2 aliphatic rings. The van der Waals surface area contributed by atoms with Gasteiger partial charge in [0.1, 0.15) is 0 Å². The first-order valence-electron chi connectivity index (χ1n) is 8.47. The largest absolute Gasteiger partial charge is 0.454 e. The van der Waals surface area contributed by atoms with Crippen molar-refractivity contribution >= 4 is 39.7 Å². The van der Waals surface area contributed by atoms with Crippen molar-refractivity contribution in [3.8, 4) is 11.5 Å². The van der Waals surface area contributed by atoms with Gasteiger partial charge in [0, 0.05) is 23.7 Å². The van der Waals surface area contributed by atoms with Gasteiger partial charge in [0.15, 0.2) is 11.5 Å². The fourth-order valence-corrected chi connectivity index (χ4v) is 4.09. The van der Waals surface area contributed by atoms with Gasteiger partial charge < -0.3 is 20.5 Å². The summed E-state index contributed by atoms with van der Waals surface area (Å²) in [5.74, 6) is 0.545. The summed E-state index contributed by atoms with van der Waals surface area (Å²) in [6, 6.07) is 7.62. The first-order valence-corrected chi connectivity index (χ1v) is 9.95. The van der Waals surface area contributed by atoms with Crippen molar-refractivity contribution in [1.82, 2.24) is 4.72 Å². The molecule has 0 bridgehead atoms. The molecule has 10 heteroatoms. The lowest BCUT2D eigenvalue weighted by Crippen LogP contribution is -2.26. The highest BCUT2D eigenvalue weighted by molar-refractivity contribution is 7.89. The maximum absolute atomic E-state index is 12.7. The van der Waals surface area contributed by atoms with Crippen LogP contribution >= 0.6 is 12.4 Å². The Morgan fingerprint density at radius 3 is 2.50 bits per heavy atom.